The molecule has 4 heterocycles. The van der Waals surface area contributed by atoms with Gasteiger partial charge in [0.25, 0.3) is 0 Å². The van der Waals surface area contributed by atoms with Crippen LogP contribution in [0.15, 0.2) is 6.20 Å². The second-order valence-corrected chi connectivity index (χ2v) is 8.71. The molecular formula is C19H29FN6O2. The van der Waals surface area contributed by atoms with Gasteiger partial charge in [0.1, 0.15) is 5.54 Å². The molecule has 0 aromatic carbocycles. The number of carbonyl (C=O) groups is 1. The molecular weight excluding hydrogens is 363 g/mol. The van der Waals surface area contributed by atoms with E-state index in [1.165, 1.54) is 6.20 Å². The van der Waals surface area contributed by atoms with Gasteiger partial charge in [-0.15, -0.1) is 0 Å². The summed E-state index contributed by atoms with van der Waals surface area (Å²) in [5.74, 6) is 0.519. The number of ether oxygens (including phenoxy) is 1. The highest BCUT2D eigenvalue weighted by Crippen LogP contribution is 2.29. The van der Waals surface area contributed by atoms with Crippen LogP contribution < -0.4 is 20.4 Å². The summed E-state index contributed by atoms with van der Waals surface area (Å²) in [6.07, 6.45) is 2.59. The van der Waals surface area contributed by atoms with Crippen LogP contribution in [-0.2, 0) is 9.53 Å². The Labute approximate surface area is 164 Å². The number of anilines is 2. The van der Waals surface area contributed by atoms with E-state index in [1.54, 1.807) is 0 Å². The molecule has 28 heavy (non-hydrogen) atoms. The van der Waals surface area contributed by atoms with Crippen LogP contribution in [0.5, 0.6) is 0 Å². The fourth-order valence-electron chi connectivity index (χ4n) is 4.03. The van der Waals surface area contributed by atoms with Crippen LogP contribution in [0.25, 0.3) is 0 Å². The summed E-state index contributed by atoms with van der Waals surface area (Å²) < 4.78 is 19.6. The van der Waals surface area contributed by atoms with Crippen molar-refractivity contribution in [3.63, 3.8) is 0 Å². The van der Waals surface area contributed by atoms with Crippen LogP contribution in [0.4, 0.5) is 16.2 Å². The number of aromatic nitrogens is 2. The van der Waals surface area contributed by atoms with Crippen LogP contribution in [0.3, 0.4) is 0 Å². The molecule has 3 aliphatic rings. The van der Waals surface area contributed by atoms with E-state index in [0.29, 0.717) is 70.5 Å². The van der Waals surface area contributed by atoms with Gasteiger partial charge in [0.05, 0.1) is 19.4 Å². The lowest BCUT2D eigenvalue weighted by Crippen LogP contribution is -2.60. The standard InChI is InChI=1S/C19H29FN6O2/c1-18(2)12-22-16(27)19(23-13-18)3-5-26(6-4-19)17-21-11-14(20)15(24-17)25-7-9-28-10-8-25/h11,23H,3-10,12-13H2,1-2H3,(H,22,27). The Bertz CT molecular complexity index is 729. The van der Waals surface area contributed by atoms with Crippen LogP contribution in [0.2, 0.25) is 0 Å². The third kappa shape index (κ3) is 3.77. The van der Waals surface area contributed by atoms with Gasteiger partial charge in [-0.3, -0.25) is 4.79 Å². The number of amides is 1. The average Bonchev–Trinajstić information content (AvgIpc) is 2.82. The molecule has 0 saturated carbocycles. The Morgan fingerprint density at radius 3 is 2.54 bits per heavy atom. The third-order valence-corrected chi connectivity index (χ3v) is 5.99. The van der Waals surface area contributed by atoms with Crippen molar-refractivity contribution < 1.29 is 13.9 Å². The summed E-state index contributed by atoms with van der Waals surface area (Å²) in [6.45, 7) is 9.44. The molecule has 3 saturated heterocycles. The molecule has 3 aliphatic heterocycles. The van der Waals surface area contributed by atoms with Gasteiger partial charge in [-0.25, -0.2) is 9.37 Å². The molecule has 154 valence electrons. The maximum atomic E-state index is 14.3. The second-order valence-electron chi connectivity index (χ2n) is 8.71. The summed E-state index contributed by atoms with van der Waals surface area (Å²) >= 11 is 0. The fraction of sp³-hybridized carbons (Fsp3) is 0.737. The molecule has 1 aromatic rings. The van der Waals surface area contributed by atoms with Crippen molar-refractivity contribution in [2.24, 2.45) is 5.41 Å². The molecule has 0 atom stereocenters. The SMILES string of the molecule is CC1(C)CNC(=O)C2(CCN(c3ncc(F)c(N4CCOCC4)n3)CC2)NC1. The van der Waals surface area contributed by atoms with E-state index in [4.69, 9.17) is 4.74 Å². The molecule has 1 aromatic heterocycles. The van der Waals surface area contributed by atoms with E-state index < -0.39 is 11.4 Å². The predicted octanol–water partition coefficient (Wildman–Crippen LogP) is 0.537. The molecule has 4 rings (SSSR count). The molecule has 0 unspecified atom stereocenters. The Morgan fingerprint density at radius 1 is 1.11 bits per heavy atom. The summed E-state index contributed by atoms with van der Waals surface area (Å²) in [7, 11) is 0. The minimum atomic E-state index is -0.544. The quantitative estimate of drug-likeness (QED) is 0.760. The maximum absolute atomic E-state index is 14.3. The van der Waals surface area contributed by atoms with Gasteiger partial charge < -0.3 is 25.2 Å². The van der Waals surface area contributed by atoms with E-state index >= 15 is 0 Å². The summed E-state index contributed by atoms with van der Waals surface area (Å²) in [6, 6.07) is 0. The zero-order chi connectivity index (χ0) is 19.8. The van der Waals surface area contributed by atoms with Gasteiger partial charge in [-0.05, 0) is 18.3 Å². The molecule has 0 bridgehead atoms. The summed E-state index contributed by atoms with van der Waals surface area (Å²) in [4.78, 5) is 25.4. The monoisotopic (exact) mass is 392 g/mol. The Hall–Kier alpha value is -2.00. The number of nitrogens with zero attached hydrogens (tertiary/aromatic N) is 4. The Morgan fingerprint density at radius 2 is 1.82 bits per heavy atom. The van der Waals surface area contributed by atoms with Crippen molar-refractivity contribution in [3.05, 3.63) is 12.0 Å². The number of rotatable bonds is 2. The Balaban J connectivity index is 1.47. The van der Waals surface area contributed by atoms with Crippen LogP contribution in [0.1, 0.15) is 26.7 Å². The van der Waals surface area contributed by atoms with Crippen molar-refractivity contribution >= 4 is 17.7 Å². The lowest BCUT2D eigenvalue weighted by molar-refractivity contribution is -0.127. The van der Waals surface area contributed by atoms with Gasteiger partial charge >= 0.3 is 0 Å². The first-order valence-electron chi connectivity index (χ1n) is 10.0. The molecule has 1 amide bonds. The van der Waals surface area contributed by atoms with Crippen molar-refractivity contribution in [2.75, 3.05) is 62.3 Å². The largest absolute Gasteiger partial charge is 0.378 e. The zero-order valence-electron chi connectivity index (χ0n) is 16.6. The lowest BCUT2D eigenvalue weighted by atomic mass is 9.86. The minimum Gasteiger partial charge on any atom is -0.378 e. The summed E-state index contributed by atoms with van der Waals surface area (Å²) in [5, 5.41) is 6.61. The van der Waals surface area contributed by atoms with Crippen LogP contribution >= 0.6 is 0 Å². The number of hydrogen-bond donors (Lipinski definition) is 2. The van der Waals surface area contributed by atoms with E-state index in [2.05, 4.69) is 34.4 Å². The van der Waals surface area contributed by atoms with E-state index in [0.717, 1.165) is 6.54 Å². The van der Waals surface area contributed by atoms with Gasteiger partial charge in [0, 0.05) is 39.3 Å². The zero-order valence-corrected chi connectivity index (χ0v) is 16.6. The number of piperidine rings is 1. The first kappa shape index (κ1) is 19.3. The van der Waals surface area contributed by atoms with Crippen LogP contribution in [0, 0.1) is 11.2 Å². The first-order valence-corrected chi connectivity index (χ1v) is 10.0. The molecule has 2 N–H and O–H groups in total. The van der Waals surface area contributed by atoms with Gasteiger partial charge in [0.2, 0.25) is 11.9 Å². The second kappa shape index (κ2) is 7.44. The highest BCUT2D eigenvalue weighted by Gasteiger charge is 2.44. The van der Waals surface area contributed by atoms with Crippen LogP contribution in [-0.4, -0.2) is 73.9 Å². The normalized spacial score (nSPS) is 24.8. The predicted molar refractivity (Wildman–Crippen MR) is 104 cm³/mol. The number of morpholine rings is 1. The number of halogens is 1. The van der Waals surface area contributed by atoms with Gasteiger partial charge in [0.15, 0.2) is 11.6 Å². The minimum absolute atomic E-state index is 0.0312. The number of hydrogen-bond acceptors (Lipinski definition) is 7. The molecule has 9 heteroatoms. The maximum Gasteiger partial charge on any atom is 0.240 e. The van der Waals surface area contributed by atoms with E-state index in [-0.39, 0.29) is 11.3 Å². The van der Waals surface area contributed by atoms with Gasteiger partial charge in [-0.2, -0.15) is 4.98 Å². The highest BCUT2D eigenvalue weighted by molar-refractivity contribution is 5.87. The first-order chi connectivity index (χ1) is 13.4. The number of carbonyl (C=O) groups excluding carboxylic acids is 1. The Kier molecular flexibility index (Phi) is 5.13. The fourth-order valence-corrected chi connectivity index (χ4v) is 4.03. The van der Waals surface area contributed by atoms with Crippen molar-refractivity contribution in [3.8, 4) is 0 Å². The molecule has 3 fully saturated rings. The third-order valence-electron chi connectivity index (χ3n) is 5.99. The van der Waals surface area contributed by atoms with Crippen molar-refractivity contribution in [1.29, 1.82) is 0 Å². The lowest BCUT2D eigenvalue weighted by Gasteiger charge is -2.40. The molecule has 0 radical (unpaired) electrons. The molecule has 8 nitrogen and oxygen atoms in total. The van der Waals surface area contributed by atoms with Gasteiger partial charge in [-0.1, -0.05) is 13.8 Å². The van der Waals surface area contributed by atoms with E-state index in [1.807, 2.05) is 9.80 Å². The highest BCUT2D eigenvalue weighted by atomic mass is 19.1. The van der Waals surface area contributed by atoms with E-state index in [9.17, 15) is 9.18 Å². The van der Waals surface area contributed by atoms with Crippen molar-refractivity contribution in [2.45, 2.75) is 32.2 Å². The number of nitrogens with one attached hydrogen (secondary N) is 2. The molecule has 0 aliphatic carbocycles. The molecule has 1 spiro atoms. The topological polar surface area (TPSA) is 82.6 Å². The smallest absolute Gasteiger partial charge is 0.240 e. The summed E-state index contributed by atoms with van der Waals surface area (Å²) in [5.41, 5.74) is -0.513. The average molecular weight is 392 g/mol. The van der Waals surface area contributed by atoms with Crippen molar-refractivity contribution in [1.82, 2.24) is 20.6 Å².